The van der Waals surface area contributed by atoms with Crippen molar-refractivity contribution in [3.05, 3.63) is 59.7 Å². The van der Waals surface area contributed by atoms with Gasteiger partial charge in [-0.3, -0.25) is 4.79 Å². The Balaban J connectivity index is 2.85. The van der Waals surface area contributed by atoms with E-state index >= 15 is 0 Å². The van der Waals surface area contributed by atoms with Gasteiger partial charge in [0.2, 0.25) is 0 Å². The minimum atomic E-state index is -0.122. The summed E-state index contributed by atoms with van der Waals surface area (Å²) in [5, 5.41) is 10.3. The van der Waals surface area contributed by atoms with Crippen molar-refractivity contribution in [3.63, 3.8) is 0 Å². The van der Waals surface area contributed by atoms with E-state index in [-0.39, 0.29) is 11.5 Å². The Kier molecular flexibility index (Phi) is 7.23. The predicted octanol–water partition coefficient (Wildman–Crippen LogP) is 3.18. The molecular formula is C18H26N2O2. The first kappa shape index (κ1) is 17.8. The topological polar surface area (TPSA) is 43.8 Å². The van der Waals surface area contributed by atoms with Crippen molar-refractivity contribution in [2.24, 2.45) is 0 Å². The average Bonchev–Trinajstić information content (AvgIpc) is 2.44. The fourth-order valence-corrected chi connectivity index (χ4v) is 2.09. The zero-order chi connectivity index (χ0) is 16.5. The molecule has 4 nitrogen and oxygen atoms in total. The van der Waals surface area contributed by atoms with E-state index in [2.05, 4.69) is 0 Å². The van der Waals surface area contributed by atoms with Crippen LogP contribution in [-0.2, 0) is 4.79 Å². The number of hydrogen-bond donors (Lipinski definition) is 1. The fraction of sp³-hybridized carbons (Fsp3) is 0.389. The van der Waals surface area contributed by atoms with E-state index in [9.17, 15) is 9.90 Å². The monoisotopic (exact) mass is 302 g/mol. The van der Waals surface area contributed by atoms with Crippen LogP contribution in [0.15, 0.2) is 59.7 Å². The van der Waals surface area contributed by atoms with E-state index in [0.717, 1.165) is 18.4 Å². The van der Waals surface area contributed by atoms with Gasteiger partial charge in [-0.25, -0.2) is 0 Å². The molecular weight excluding hydrogens is 276 g/mol. The molecule has 0 aliphatic heterocycles. The summed E-state index contributed by atoms with van der Waals surface area (Å²) in [6.07, 6.45) is 14.8. The van der Waals surface area contributed by atoms with E-state index in [4.69, 9.17) is 0 Å². The summed E-state index contributed by atoms with van der Waals surface area (Å²) in [5.74, 6) is 0.0176. The molecule has 0 spiro atoms. The Morgan fingerprint density at radius 2 is 1.64 bits per heavy atom. The quantitative estimate of drug-likeness (QED) is 0.604. The molecule has 0 amide bonds. The summed E-state index contributed by atoms with van der Waals surface area (Å²) in [7, 11) is 7.71. The molecule has 4 heteroatoms. The lowest BCUT2D eigenvalue weighted by atomic mass is 9.90. The van der Waals surface area contributed by atoms with Crippen LogP contribution < -0.4 is 0 Å². The maximum atomic E-state index is 12.2. The van der Waals surface area contributed by atoms with Gasteiger partial charge in [0.1, 0.15) is 5.76 Å². The standard InChI is InChI=1S/C18H26N2O2/c1-19(2)13-6-5-12-17(21)16-11-7-9-15(18(16)22)10-8-14-20(3)4/h5-6,8,10,12-14,22H,7,9,11H2,1-4H3/b12-5+,13-6+,14-8+,15-10+. The lowest BCUT2D eigenvalue weighted by Crippen LogP contribution is -2.10. The van der Waals surface area contributed by atoms with Crippen LogP contribution in [0.4, 0.5) is 0 Å². The van der Waals surface area contributed by atoms with Gasteiger partial charge >= 0.3 is 0 Å². The molecule has 0 unspecified atom stereocenters. The molecule has 22 heavy (non-hydrogen) atoms. The van der Waals surface area contributed by atoms with Crippen molar-refractivity contribution in [2.45, 2.75) is 19.3 Å². The fourth-order valence-electron chi connectivity index (χ4n) is 2.09. The Labute approximate surface area is 133 Å². The minimum absolute atomic E-state index is 0.122. The summed E-state index contributed by atoms with van der Waals surface area (Å²) in [6, 6.07) is 0. The van der Waals surface area contributed by atoms with E-state index < -0.39 is 0 Å². The van der Waals surface area contributed by atoms with Gasteiger partial charge in [0.25, 0.3) is 0 Å². The van der Waals surface area contributed by atoms with Crippen molar-refractivity contribution in [3.8, 4) is 0 Å². The second kappa shape index (κ2) is 8.93. The highest BCUT2D eigenvalue weighted by Crippen LogP contribution is 2.28. The van der Waals surface area contributed by atoms with E-state index in [1.54, 1.807) is 12.2 Å². The summed E-state index contributed by atoms with van der Waals surface area (Å²) < 4.78 is 0. The molecule has 0 saturated carbocycles. The van der Waals surface area contributed by atoms with E-state index in [1.165, 1.54) is 6.08 Å². The third-order valence-electron chi connectivity index (χ3n) is 3.18. The molecule has 0 saturated heterocycles. The SMILES string of the molecule is CN(C)/C=C/C=C/C(=O)C1=C(O)/C(=C/C=C/N(C)C)CCC1. The molecule has 120 valence electrons. The predicted molar refractivity (Wildman–Crippen MR) is 91.4 cm³/mol. The molecule has 0 bridgehead atoms. The van der Waals surface area contributed by atoms with Crippen molar-refractivity contribution in [2.75, 3.05) is 28.2 Å². The molecule has 0 aromatic rings. The second-order valence-corrected chi connectivity index (χ2v) is 5.71. The van der Waals surface area contributed by atoms with Crippen LogP contribution in [0, 0.1) is 0 Å². The molecule has 0 aromatic carbocycles. The van der Waals surface area contributed by atoms with Gasteiger partial charge in [0, 0.05) is 33.8 Å². The number of hydrogen-bond acceptors (Lipinski definition) is 4. The van der Waals surface area contributed by atoms with Crippen LogP contribution in [0.2, 0.25) is 0 Å². The van der Waals surface area contributed by atoms with Crippen LogP contribution in [0.5, 0.6) is 0 Å². The number of rotatable bonds is 6. The van der Waals surface area contributed by atoms with Crippen molar-refractivity contribution in [1.82, 2.24) is 9.80 Å². The Morgan fingerprint density at radius 1 is 1.00 bits per heavy atom. The smallest absolute Gasteiger partial charge is 0.185 e. The van der Waals surface area contributed by atoms with Crippen molar-refractivity contribution in [1.29, 1.82) is 0 Å². The van der Waals surface area contributed by atoms with Crippen LogP contribution in [0.25, 0.3) is 0 Å². The molecule has 0 heterocycles. The van der Waals surface area contributed by atoms with Gasteiger partial charge < -0.3 is 14.9 Å². The number of carbonyl (C=O) groups excluding carboxylic acids is 1. The maximum absolute atomic E-state index is 12.2. The van der Waals surface area contributed by atoms with Crippen LogP contribution >= 0.6 is 0 Å². The minimum Gasteiger partial charge on any atom is -0.507 e. The molecule has 1 rings (SSSR count). The highest BCUT2D eigenvalue weighted by Gasteiger charge is 2.20. The van der Waals surface area contributed by atoms with Gasteiger partial charge in [-0.2, -0.15) is 0 Å². The third-order valence-corrected chi connectivity index (χ3v) is 3.18. The molecule has 0 aromatic heterocycles. The second-order valence-electron chi connectivity index (χ2n) is 5.71. The number of allylic oxidation sites excluding steroid dienone is 7. The Bertz CT molecular complexity index is 535. The first-order chi connectivity index (χ1) is 10.4. The summed E-state index contributed by atoms with van der Waals surface area (Å²) in [6.45, 7) is 0. The lowest BCUT2D eigenvalue weighted by molar-refractivity contribution is -0.111. The number of aliphatic hydroxyl groups is 1. The maximum Gasteiger partial charge on any atom is 0.185 e. The van der Waals surface area contributed by atoms with Crippen molar-refractivity contribution >= 4 is 5.78 Å². The van der Waals surface area contributed by atoms with Crippen LogP contribution in [-0.4, -0.2) is 48.9 Å². The van der Waals surface area contributed by atoms with Gasteiger partial charge in [-0.05, 0) is 55.5 Å². The first-order valence-electron chi connectivity index (χ1n) is 7.43. The van der Waals surface area contributed by atoms with Gasteiger partial charge in [-0.15, -0.1) is 0 Å². The zero-order valence-electron chi connectivity index (χ0n) is 13.9. The van der Waals surface area contributed by atoms with Crippen molar-refractivity contribution < 1.29 is 9.90 Å². The van der Waals surface area contributed by atoms with Crippen LogP contribution in [0.1, 0.15) is 19.3 Å². The van der Waals surface area contributed by atoms with E-state index in [0.29, 0.717) is 12.0 Å². The zero-order valence-corrected chi connectivity index (χ0v) is 13.9. The van der Waals surface area contributed by atoms with Gasteiger partial charge in [-0.1, -0.05) is 12.2 Å². The lowest BCUT2D eigenvalue weighted by Gasteiger charge is -2.17. The molecule has 1 aliphatic rings. The Hall–Kier alpha value is -2.23. The average molecular weight is 302 g/mol. The normalized spacial score (nSPS) is 18.1. The highest BCUT2D eigenvalue weighted by molar-refractivity contribution is 6.05. The number of nitrogens with zero attached hydrogens (tertiary/aromatic N) is 2. The highest BCUT2D eigenvalue weighted by atomic mass is 16.3. The summed E-state index contributed by atoms with van der Waals surface area (Å²) >= 11 is 0. The molecule has 1 N–H and O–H groups in total. The first-order valence-corrected chi connectivity index (χ1v) is 7.43. The molecule has 1 aliphatic carbocycles. The largest absolute Gasteiger partial charge is 0.507 e. The summed E-state index contributed by atoms with van der Waals surface area (Å²) in [4.78, 5) is 16.0. The number of ketones is 1. The Morgan fingerprint density at radius 3 is 2.27 bits per heavy atom. The molecule has 0 atom stereocenters. The molecule has 0 radical (unpaired) electrons. The van der Waals surface area contributed by atoms with Gasteiger partial charge in [0.05, 0.1) is 0 Å². The van der Waals surface area contributed by atoms with E-state index in [1.807, 2.05) is 62.5 Å². The third kappa shape index (κ3) is 6.04. The van der Waals surface area contributed by atoms with Gasteiger partial charge in [0.15, 0.2) is 5.78 Å². The summed E-state index contributed by atoms with van der Waals surface area (Å²) in [5.41, 5.74) is 1.33. The number of carbonyl (C=O) groups is 1. The van der Waals surface area contributed by atoms with Crippen LogP contribution in [0.3, 0.4) is 0 Å². The molecule has 0 fully saturated rings. The number of aliphatic hydroxyl groups excluding tert-OH is 1.